The van der Waals surface area contributed by atoms with E-state index in [4.69, 9.17) is 0 Å². The van der Waals surface area contributed by atoms with Gasteiger partial charge < -0.3 is 10.4 Å². The van der Waals surface area contributed by atoms with Crippen LogP contribution in [0.15, 0.2) is 0 Å². The zero-order valence-electron chi connectivity index (χ0n) is 9.88. The maximum Gasteiger partial charge on any atom is 0.0599 e. The first-order valence-electron chi connectivity index (χ1n) is 5.57. The van der Waals surface area contributed by atoms with E-state index in [0.29, 0.717) is 6.04 Å². The van der Waals surface area contributed by atoms with Crippen molar-refractivity contribution in [2.45, 2.75) is 51.7 Å². The lowest BCUT2D eigenvalue weighted by Crippen LogP contribution is -2.55. The highest BCUT2D eigenvalue weighted by atomic mass is 16.3. The van der Waals surface area contributed by atoms with Gasteiger partial charge >= 0.3 is 0 Å². The number of hydrogen-bond acceptors (Lipinski definition) is 3. The van der Waals surface area contributed by atoms with Crippen LogP contribution in [0.4, 0.5) is 0 Å². The molecule has 3 nitrogen and oxygen atoms in total. The first-order valence-corrected chi connectivity index (χ1v) is 5.57. The SMILES string of the molecule is CC1CCNCC(CO)N1C(C)(C)C. The standard InChI is InChI=1S/C11H24N2O/c1-9-5-6-12-7-10(8-14)13(9)11(2,3)4/h9-10,12,14H,5-8H2,1-4H3. The predicted octanol–water partition coefficient (Wildman–Crippen LogP) is 0.830. The zero-order chi connectivity index (χ0) is 10.8. The van der Waals surface area contributed by atoms with Gasteiger partial charge in [-0.3, -0.25) is 4.90 Å². The molecular formula is C11H24N2O. The molecule has 3 heteroatoms. The molecule has 1 saturated heterocycles. The number of hydrogen-bond donors (Lipinski definition) is 2. The fourth-order valence-electron chi connectivity index (χ4n) is 2.54. The Kier molecular flexibility index (Phi) is 3.93. The van der Waals surface area contributed by atoms with Gasteiger partial charge in [0.25, 0.3) is 0 Å². The third-order valence-electron chi connectivity index (χ3n) is 2.97. The molecule has 0 spiro atoms. The van der Waals surface area contributed by atoms with Crippen LogP contribution in [-0.4, -0.2) is 47.3 Å². The maximum absolute atomic E-state index is 9.39. The molecule has 84 valence electrons. The third kappa shape index (κ3) is 2.69. The summed E-state index contributed by atoms with van der Waals surface area (Å²) in [5, 5.41) is 12.8. The Hall–Kier alpha value is -0.120. The van der Waals surface area contributed by atoms with Crippen LogP contribution in [0, 0.1) is 0 Å². The van der Waals surface area contributed by atoms with Crippen molar-refractivity contribution in [1.82, 2.24) is 10.2 Å². The van der Waals surface area contributed by atoms with Crippen LogP contribution < -0.4 is 5.32 Å². The Morgan fingerprint density at radius 1 is 1.43 bits per heavy atom. The largest absolute Gasteiger partial charge is 0.395 e. The van der Waals surface area contributed by atoms with Gasteiger partial charge in [0.15, 0.2) is 0 Å². The minimum absolute atomic E-state index is 0.138. The second-order valence-corrected chi connectivity index (χ2v) is 5.26. The first kappa shape index (κ1) is 12.0. The van der Waals surface area contributed by atoms with Gasteiger partial charge in [0.1, 0.15) is 0 Å². The molecule has 0 amide bonds. The van der Waals surface area contributed by atoms with E-state index in [2.05, 4.69) is 37.9 Å². The van der Waals surface area contributed by atoms with Gasteiger partial charge in [0.05, 0.1) is 6.61 Å². The van der Waals surface area contributed by atoms with Crippen LogP contribution in [0.5, 0.6) is 0 Å². The molecule has 1 fully saturated rings. The summed E-state index contributed by atoms with van der Waals surface area (Å²) in [6.45, 7) is 11.1. The molecular weight excluding hydrogens is 176 g/mol. The Labute approximate surface area is 87.5 Å². The molecule has 0 aromatic rings. The summed E-state index contributed by atoms with van der Waals surface area (Å²) in [7, 11) is 0. The van der Waals surface area contributed by atoms with Crippen molar-refractivity contribution in [2.75, 3.05) is 19.7 Å². The highest BCUT2D eigenvalue weighted by Gasteiger charge is 2.33. The van der Waals surface area contributed by atoms with Crippen LogP contribution in [0.1, 0.15) is 34.1 Å². The average molecular weight is 200 g/mol. The molecule has 0 radical (unpaired) electrons. The summed E-state index contributed by atoms with van der Waals surface area (Å²) in [5.74, 6) is 0. The predicted molar refractivity (Wildman–Crippen MR) is 59.4 cm³/mol. The third-order valence-corrected chi connectivity index (χ3v) is 2.97. The van der Waals surface area contributed by atoms with Gasteiger partial charge in [-0.15, -0.1) is 0 Å². The van der Waals surface area contributed by atoms with Gasteiger partial charge in [-0.1, -0.05) is 0 Å². The van der Waals surface area contributed by atoms with Gasteiger partial charge in [0.2, 0.25) is 0 Å². The lowest BCUT2D eigenvalue weighted by atomic mass is 9.99. The van der Waals surface area contributed by atoms with E-state index >= 15 is 0 Å². The van der Waals surface area contributed by atoms with Crippen LogP contribution in [0.3, 0.4) is 0 Å². The van der Waals surface area contributed by atoms with E-state index < -0.39 is 0 Å². The summed E-state index contributed by atoms with van der Waals surface area (Å²) in [4.78, 5) is 2.44. The summed E-state index contributed by atoms with van der Waals surface area (Å²) in [5.41, 5.74) is 0.138. The Bertz CT molecular complexity index is 177. The smallest absolute Gasteiger partial charge is 0.0599 e. The van der Waals surface area contributed by atoms with Crippen molar-refractivity contribution >= 4 is 0 Å². The second kappa shape index (κ2) is 4.60. The zero-order valence-corrected chi connectivity index (χ0v) is 9.88. The summed E-state index contributed by atoms with van der Waals surface area (Å²) in [6.07, 6.45) is 1.16. The number of aliphatic hydroxyl groups is 1. The van der Waals surface area contributed by atoms with Crippen molar-refractivity contribution in [3.63, 3.8) is 0 Å². The number of rotatable bonds is 1. The summed E-state index contributed by atoms with van der Waals surface area (Å²) >= 11 is 0. The quantitative estimate of drug-likeness (QED) is 0.658. The van der Waals surface area contributed by atoms with Crippen LogP contribution in [0.25, 0.3) is 0 Å². The fourth-order valence-corrected chi connectivity index (χ4v) is 2.54. The molecule has 0 aromatic heterocycles. The van der Waals surface area contributed by atoms with Gasteiger partial charge in [-0.05, 0) is 40.7 Å². The molecule has 0 saturated carbocycles. The molecule has 1 aliphatic rings. The molecule has 1 rings (SSSR count). The molecule has 1 aliphatic heterocycles. The highest BCUT2D eigenvalue weighted by Crippen LogP contribution is 2.23. The molecule has 2 unspecified atom stereocenters. The van der Waals surface area contributed by atoms with Crippen molar-refractivity contribution in [3.8, 4) is 0 Å². The molecule has 2 atom stereocenters. The summed E-state index contributed by atoms with van der Waals surface area (Å²) in [6, 6.07) is 0.801. The molecule has 1 heterocycles. The molecule has 0 bridgehead atoms. The van der Waals surface area contributed by atoms with Crippen molar-refractivity contribution < 1.29 is 5.11 Å². The van der Waals surface area contributed by atoms with Crippen LogP contribution >= 0.6 is 0 Å². The van der Waals surface area contributed by atoms with Crippen molar-refractivity contribution in [3.05, 3.63) is 0 Å². The lowest BCUT2D eigenvalue weighted by Gasteiger charge is -2.43. The highest BCUT2D eigenvalue weighted by molar-refractivity contribution is 4.90. The van der Waals surface area contributed by atoms with Gasteiger partial charge in [-0.2, -0.15) is 0 Å². The minimum atomic E-state index is 0.138. The van der Waals surface area contributed by atoms with Crippen LogP contribution in [-0.2, 0) is 0 Å². The van der Waals surface area contributed by atoms with Crippen LogP contribution in [0.2, 0.25) is 0 Å². The van der Waals surface area contributed by atoms with E-state index in [9.17, 15) is 5.11 Å². The molecule has 2 N–H and O–H groups in total. The van der Waals surface area contributed by atoms with Gasteiger partial charge in [-0.25, -0.2) is 0 Å². The Morgan fingerprint density at radius 3 is 2.57 bits per heavy atom. The fraction of sp³-hybridized carbons (Fsp3) is 1.00. The minimum Gasteiger partial charge on any atom is -0.395 e. The number of nitrogens with zero attached hydrogens (tertiary/aromatic N) is 1. The Morgan fingerprint density at radius 2 is 2.07 bits per heavy atom. The molecule has 0 aromatic carbocycles. The normalized spacial score (nSPS) is 31.5. The number of nitrogens with one attached hydrogen (secondary N) is 1. The first-order chi connectivity index (χ1) is 6.46. The number of aliphatic hydroxyl groups excluding tert-OH is 1. The maximum atomic E-state index is 9.39. The van der Waals surface area contributed by atoms with E-state index in [1.807, 2.05) is 0 Å². The average Bonchev–Trinajstić information content (AvgIpc) is 2.24. The van der Waals surface area contributed by atoms with Gasteiger partial charge in [0, 0.05) is 24.2 Å². The van der Waals surface area contributed by atoms with E-state index in [-0.39, 0.29) is 18.2 Å². The van der Waals surface area contributed by atoms with Crippen molar-refractivity contribution in [2.24, 2.45) is 0 Å². The van der Waals surface area contributed by atoms with E-state index in [1.54, 1.807) is 0 Å². The van der Waals surface area contributed by atoms with E-state index in [1.165, 1.54) is 0 Å². The molecule has 14 heavy (non-hydrogen) atoms. The monoisotopic (exact) mass is 200 g/mol. The van der Waals surface area contributed by atoms with Crippen molar-refractivity contribution in [1.29, 1.82) is 0 Å². The lowest BCUT2D eigenvalue weighted by molar-refractivity contribution is 0.0210. The second-order valence-electron chi connectivity index (χ2n) is 5.26. The van der Waals surface area contributed by atoms with E-state index in [0.717, 1.165) is 19.5 Å². The molecule has 0 aliphatic carbocycles. The topological polar surface area (TPSA) is 35.5 Å². The summed E-state index contributed by atoms with van der Waals surface area (Å²) < 4.78 is 0. The Balaban J connectivity index is 2.80.